The Morgan fingerprint density at radius 3 is 2.60 bits per heavy atom. The van der Waals surface area contributed by atoms with Gasteiger partial charge in [0.1, 0.15) is 6.33 Å². The third-order valence-corrected chi connectivity index (χ3v) is 4.09. The third-order valence-electron chi connectivity index (χ3n) is 4.09. The van der Waals surface area contributed by atoms with Gasteiger partial charge in [-0.15, -0.1) is 0 Å². The fourth-order valence-electron chi connectivity index (χ4n) is 2.52. The minimum Gasteiger partial charge on any atom is -0.481 e. The van der Waals surface area contributed by atoms with Crippen LogP contribution in [0.5, 0.6) is 0 Å². The van der Waals surface area contributed by atoms with Gasteiger partial charge in [-0.2, -0.15) is 0 Å². The smallest absolute Gasteiger partial charge is 0.309 e. The van der Waals surface area contributed by atoms with Gasteiger partial charge in [0.15, 0.2) is 0 Å². The first-order valence-electron chi connectivity index (χ1n) is 6.70. The van der Waals surface area contributed by atoms with Crippen LogP contribution in [-0.2, 0) is 4.79 Å². The molecule has 0 bridgehead atoms. The van der Waals surface area contributed by atoms with Crippen LogP contribution < -0.4 is 0 Å². The van der Waals surface area contributed by atoms with Crippen molar-refractivity contribution in [3.63, 3.8) is 0 Å². The zero-order valence-electron chi connectivity index (χ0n) is 11.7. The lowest BCUT2D eigenvalue weighted by atomic mass is 9.74. The molecule has 20 heavy (non-hydrogen) atoms. The standard InChI is InChI=1S/C14H19N3O3/c1-14(2,13(19)20)11-4-3-5-17(8-11)12(18)10-6-15-9-16-7-10/h6-7,9,11H,3-5,8H2,1-2H3,(H,19,20). The quantitative estimate of drug-likeness (QED) is 0.903. The molecule has 0 saturated carbocycles. The maximum atomic E-state index is 12.3. The van der Waals surface area contributed by atoms with E-state index in [2.05, 4.69) is 9.97 Å². The average Bonchev–Trinajstić information content (AvgIpc) is 2.47. The zero-order chi connectivity index (χ0) is 14.8. The highest BCUT2D eigenvalue weighted by Gasteiger charge is 2.40. The number of piperidine rings is 1. The van der Waals surface area contributed by atoms with Crippen LogP contribution in [0, 0.1) is 11.3 Å². The first-order chi connectivity index (χ1) is 9.43. The van der Waals surface area contributed by atoms with Gasteiger partial charge >= 0.3 is 5.97 Å². The van der Waals surface area contributed by atoms with E-state index in [0.717, 1.165) is 12.8 Å². The topological polar surface area (TPSA) is 83.4 Å². The Morgan fingerprint density at radius 2 is 2.00 bits per heavy atom. The molecule has 1 N–H and O–H groups in total. The highest BCUT2D eigenvalue weighted by molar-refractivity contribution is 5.93. The summed E-state index contributed by atoms with van der Waals surface area (Å²) in [7, 11) is 0. The van der Waals surface area contributed by atoms with Crippen molar-refractivity contribution in [2.24, 2.45) is 11.3 Å². The number of aromatic nitrogens is 2. The molecule has 2 heterocycles. The first kappa shape index (κ1) is 14.4. The monoisotopic (exact) mass is 277 g/mol. The van der Waals surface area contributed by atoms with E-state index >= 15 is 0 Å². The van der Waals surface area contributed by atoms with E-state index < -0.39 is 11.4 Å². The second-order valence-corrected chi connectivity index (χ2v) is 5.74. The van der Waals surface area contributed by atoms with Crippen LogP contribution in [0.2, 0.25) is 0 Å². The number of carbonyl (C=O) groups is 2. The van der Waals surface area contributed by atoms with Crippen LogP contribution in [0.15, 0.2) is 18.7 Å². The fraction of sp³-hybridized carbons (Fsp3) is 0.571. The molecule has 1 amide bonds. The molecule has 1 aliphatic rings. The molecular formula is C14H19N3O3. The highest BCUT2D eigenvalue weighted by atomic mass is 16.4. The maximum Gasteiger partial charge on any atom is 0.309 e. The lowest BCUT2D eigenvalue weighted by Crippen LogP contribution is -2.46. The molecule has 0 radical (unpaired) electrons. The summed E-state index contributed by atoms with van der Waals surface area (Å²) in [6.07, 6.45) is 6.00. The lowest BCUT2D eigenvalue weighted by Gasteiger charge is -2.39. The summed E-state index contributed by atoms with van der Waals surface area (Å²) in [5.41, 5.74) is -0.382. The number of carbonyl (C=O) groups excluding carboxylic acids is 1. The number of hydrogen-bond acceptors (Lipinski definition) is 4. The van der Waals surface area contributed by atoms with E-state index in [9.17, 15) is 14.7 Å². The van der Waals surface area contributed by atoms with Crippen molar-refractivity contribution in [1.82, 2.24) is 14.9 Å². The SMILES string of the molecule is CC(C)(C(=O)O)C1CCCN(C(=O)c2cncnc2)C1. The molecule has 0 aromatic carbocycles. The molecule has 1 unspecified atom stereocenters. The summed E-state index contributed by atoms with van der Waals surface area (Å²) in [5.74, 6) is -0.987. The minimum atomic E-state index is -0.827. The lowest BCUT2D eigenvalue weighted by molar-refractivity contribution is -0.151. The molecule has 6 nitrogen and oxygen atoms in total. The van der Waals surface area contributed by atoms with Crippen LogP contribution >= 0.6 is 0 Å². The van der Waals surface area contributed by atoms with E-state index in [4.69, 9.17) is 0 Å². The maximum absolute atomic E-state index is 12.3. The van der Waals surface area contributed by atoms with Gasteiger partial charge in [-0.3, -0.25) is 9.59 Å². The Labute approximate surface area is 117 Å². The molecule has 0 spiro atoms. The normalized spacial score (nSPS) is 19.7. The summed E-state index contributed by atoms with van der Waals surface area (Å²) in [4.78, 5) is 33.1. The minimum absolute atomic E-state index is 0.0395. The van der Waals surface area contributed by atoms with Crippen molar-refractivity contribution in [2.45, 2.75) is 26.7 Å². The van der Waals surface area contributed by atoms with Gasteiger partial charge in [-0.05, 0) is 32.6 Å². The van der Waals surface area contributed by atoms with Crippen LogP contribution in [-0.4, -0.2) is 44.9 Å². The van der Waals surface area contributed by atoms with Crippen LogP contribution in [0.1, 0.15) is 37.0 Å². The molecule has 1 atom stereocenters. The number of hydrogen-bond donors (Lipinski definition) is 1. The zero-order valence-corrected chi connectivity index (χ0v) is 11.7. The number of carboxylic acid groups (broad SMARTS) is 1. The van der Waals surface area contributed by atoms with E-state index in [-0.39, 0.29) is 11.8 Å². The van der Waals surface area contributed by atoms with Crippen molar-refractivity contribution < 1.29 is 14.7 Å². The number of amides is 1. The number of rotatable bonds is 3. The Bertz CT molecular complexity index is 502. The molecule has 0 aliphatic carbocycles. The van der Waals surface area contributed by atoms with Gasteiger partial charge in [0.25, 0.3) is 5.91 Å². The molecule has 2 rings (SSSR count). The number of aliphatic carboxylic acids is 1. The van der Waals surface area contributed by atoms with E-state index in [0.29, 0.717) is 18.7 Å². The average molecular weight is 277 g/mol. The van der Waals surface area contributed by atoms with Crippen molar-refractivity contribution in [2.75, 3.05) is 13.1 Å². The summed E-state index contributed by atoms with van der Waals surface area (Å²) in [5, 5.41) is 9.31. The molecule has 1 aromatic heterocycles. The van der Waals surface area contributed by atoms with Gasteiger partial charge in [-0.25, -0.2) is 9.97 Å². The molecule has 1 aliphatic heterocycles. The van der Waals surface area contributed by atoms with Crippen LogP contribution in [0.3, 0.4) is 0 Å². The van der Waals surface area contributed by atoms with Gasteiger partial charge in [0.05, 0.1) is 11.0 Å². The second kappa shape index (κ2) is 5.56. The van der Waals surface area contributed by atoms with Gasteiger partial charge < -0.3 is 10.0 Å². The van der Waals surface area contributed by atoms with Gasteiger partial charge in [0.2, 0.25) is 0 Å². The molecule has 108 valence electrons. The Hall–Kier alpha value is -1.98. The Kier molecular flexibility index (Phi) is 4.01. The Morgan fingerprint density at radius 1 is 1.35 bits per heavy atom. The molecular weight excluding hydrogens is 258 g/mol. The number of nitrogens with zero attached hydrogens (tertiary/aromatic N) is 3. The summed E-state index contributed by atoms with van der Waals surface area (Å²) in [6, 6.07) is 0. The predicted molar refractivity (Wildman–Crippen MR) is 72.1 cm³/mol. The molecule has 1 saturated heterocycles. The molecule has 1 fully saturated rings. The second-order valence-electron chi connectivity index (χ2n) is 5.74. The number of likely N-dealkylation sites (tertiary alicyclic amines) is 1. The predicted octanol–water partition coefficient (Wildman–Crippen LogP) is 1.44. The summed E-state index contributed by atoms with van der Waals surface area (Å²) < 4.78 is 0. The van der Waals surface area contributed by atoms with Crippen molar-refractivity contribution in [1.29, 1.82) is 0 Å². The molecule has 1 aromatic rings. The third kappa shape index (κ3) is 2.79. The molecule has 6 heteroatoms. The Balaban J connectivity index is 2.11. The highest BCUT2D eigenvalue weighted by Crippen LogP contribution is 2.34. The van der Waals surface area contributed by atoms with E-state index in [1.807, 2.05) is 0 Å². The van der Waals surface area contributed by atoms with Crippen LogP contribution in [0.4, 0.5) is 0 Å². The van der Waals surface area contributed by atoms with E-state index in [1.165, 1.54) is 18.7 Å². The largest absolute Gasteiger partial charge is 0.481 e. The van der Waals surface area contributed by atoms with Crippen molar-refractivity contribution in [3.05, 3.63) is 24.3 Å². The number of carboxylic acids is 1. The van der Waals surface area contributed by atoms with Gasteiger partial charge in [0, 0.05) is 25.5 Å². The van der Waals surface area contributed by atoms with Crippen molar-refractivity contribution >= 4 is 11.9 Å². The van der Waals surface area contributed by atoms with Gasteiger partial charge in [-0.1, -0.05) is 0 Å². The summed E-state index contributed by atoms with van der Waals surface area (Å²) in [6.45, 7) is 4.56. The van der Waals surface area contributed by atoms with Crippen LogP contribution in [0.25, 0.3) is 0 Å². The van der Waals surface area contributed by atoms with Crippen molar-refractivity contribution in [3.8, 4) is 0 Å². The summed E-state index contributed by atoms with van der Waals surface area (Å²) >= 11 is 0. The first-order valence-corrected chi connectivity index (χ1v) is 6.70. The fourth-order valence-corrected chi connectivity index (χ4v) is 2.52. The van der Waals surface area contributed by atoms with E-state index in [1.54, 1.807) is 18.7 Å².